The number of nitrogens with two attached hydrogens (primary N) is 1. The van der Waals surface area contributed by atoms with Crippen molar-refractivity contribution in [2.24, 2.45) is 5.73 Å². The molecule has 78 valence electrons. The standard InChI is InChI=1S/C10H13BrClNO/c11-9-7-8(12)3-4-10(9)14-6-2-1-5-13/h3-4,7H,1-2,5-6,13H2. The molecule has 0 aromatic heterocycles. The second kappa shape index (κ2) is 6.27. The van der Waals surface area contributed by atoms with Crippen LogP contribution in [0, 0.1) is 0 Å². The van der Waals surface area contributed by atoms with E-state index in [-0.39, 0.29) is 0 Å². The molecule has 0 saturated carbocycles. The van der Waals surface area contributed by atoms with E-state index in [1.807, 2.05) is 18.2 Å². The zero-order valence-corrected chi connectivity index (χ0v) is 10.1. The molecule has 0 saturated heterocycles. The maximum Gasteiger partial charge on any atom is 0.133 e. The molecular weight excluding hydrogens is 265 g/mol. The lowest BCUT2D eigenvalue weighted by Crippen LogP contribution is -2.03. The molecule has 1 rings (SSSR count). The summed E-state index contributed by atoms with van der Waals surface area (Å²) in [4.78, 5) is 0. The van der Waals surface area contributed by atoms with Crippen LogP contribution in [0.1, 0.15) is 12.8 Å². The first kappa shape index (κ1) is 11.8. The van der Waals surface area contributed by atoms with Gasteiger partial charge in [0.15, 0.2) is 0 Å². The van der Waals surface area contributed by atoms with Crippen molar-refractivity contribution in [3.63, 3.8) is 0 Å². The van der Waals surface area contributed by atoms with E-state index >= 15 is 0 Å². The monoisotopic (exact) mass is 277 g/mol. The third kappa shape index (κ3) is 3.86. The largest absolute Gasteiger partial charge is 0.492 e. The lowest BCUT2D eigenvalue weighted by Gasteiger charge is -2.07. The number of benzene rings is 1. The van der Waals surface area contributed by atoms with Crippen LogP contribution in [0.3, 0.4) is 0 Å². The van der Waals surface area contributed by atoms with E-state index in [0.29, 0.717) is 18.2 Å². The highest BCUT2D eigenvalue weighted by Crippen LogP contribution is 2.27. The third-order valence-corrected chi connectivity index (χ3v) is 2.60. The predicted octanol–water partition coefficient (Wildman–Crippen LogP) is 3.22. The fourth-order valence-electron chi connectivity index (χ4n) is 1.02. The van der Waals surface area contributed by atoms with Crippen molar-refractivity contribution in [1.82, 2.24) is 0 Å². The number of rotatable bonds is 5. The van der Waals surface area contributed by atoms with Crippen LogP contribution < -0.4 is 10.5 Å². The predicted molar refractivity (Wildman–Crippen MR) is 62.9 cm³/mol. The molecule has 0 spiro atoms. The van der Waals surface area contributed by atoms with Crippen molar-refractivity contribution in [1.29, 1.82) is 0 Å². The highest BCUT2D eigenvalue weighted by atomic mass is 79.9. The summed E-state index contributed by atoms with van der Waals surface area (Å²) >= 11 is 9.18. The van der Waals surface area contributed by atoms with E-state index < -0.39 is 0 Å². The van der Waals surface area contributed by atoms with Crippen LogP contribution in [0.15, 0.2) is 22.7 Å². The van der Waals surface area contributed by atoms with Gasteiger partial charge in [0.05, 0.1) is 11.1 Å². The Balaban J connectivity index is 2.42. The summed E-state index contributed by atoms with van der Waals surface area (Å²) in [6.45, 7) is 1.41. The molecule has 0 radical (unpaired) electrons. The molecule has 1 aromatic carbocycles. The zero-order chi connectivity index (χ0) is 10.4. The Hall–Kier alpha value is -0.250. The molecule has 14 heavy (non-hydrogen) atoms. The Kier molecular flexibility index (Phi) is 5.30. The Morgan fingerprint density at radius 3 is 2.79 bits per heavy atom. The molecule has 0 aliphatic rings. The molecule has 2 N–H and O–H groups in total. The van der Waals surface area contributed by atoms with Gasteiger partial charge in [-0.25, -0.2) is 0 Å². The topological polar surface area (TPSA) is 35.2 Å². The molecular formula is C10H13BrClNO. The lowest BCUT2D eigenvalue weighted by atomic mass is 10.3. The average Bonchev–Trinajstić information content (AvgIpc) is 2.15. The molecule has 0 aliphatic carbocycles. The van der Waals surface area contributed by atoms with Gasteiger partial charge in [-0.2, -0.15) is 0 Å². The van der Waals surface area contributed by atoms with Gasteiger partial charge in [0, 0.05) is 5.02 Å². The van der Waals surface area contributed by atoms with E-state index in [9.17, 15) is 0 Å². The number of unbranched alkanes of at least 4 members (excludes halogenated alkanes) is 1. The summed E-state index contributed by atoms with van der Waals surface area (Å²) in [6.07, 6.45) is 1.97. The van der Waals surface area contributed by atoms with E-state index in [4.69, 9.17) is 22.1 Å². The fraction of sp³-hybridized carbons (Fsp3) is 0.400. The van der Waals surface area contributed by atoms with Gasteiger partial charge in [-0.15, -0.1) is 0 Å². The minimum atomic E-state index is 0.692. The molecule has 0 atom stereocenters. The Morgan fingerprint density at radius 2 is 2.14 bits per heavy atom. The summed E-state index contributed by atoms with van der Waals surface area (Å²) in [5.41, 5.74) is 5.38. The molecule has 2 nitrogen and oxygen atoms in total. The SMILES string of the molecule is NCCCCOc1ccc(Cl)cc1Br. The Labute approximate surface area is 97.5 Å². The van der Waals surface area contributed by atoms with Crippen molar-refractivity contribution >= 4 is 27.5 Å². The maximum absolute atomic E-state index is 5.80. The van der Waals surface area contributed by atoms with Gasteiger partial charge in [0.1, 0.15) is 5.75 Å². The molecule has 1 aromatic rings. The van der Waals surface area contributed by atoms with E-state index in [1.54, 1.807) is 0 Å². The van der Waals surface area contributed by atoms with Gasteiger partial charge < -0.3 is 10.5 Å². The molecule has 0 amide bonds. The fourth-order valence-corrected chi connectivity index (χ4v) is 1.82. The van der Waals surface area contributed by atoms with Crippen molar-refractivity contribution in [3.8, 4) is 5.75 Å². The molecule has 0 unspecified atom stereocenters. The van der Waals surface area contributed by atoms with Gasteiger partial charge in [-0.3, -0.25) is 0 Å². The second-order valence-electron chi connectivity index (χ2n) is 2.92. The first-order valence-corrected chi connectivity index (χ1v) is 5.69. The smallest absolute Gasteiger partial charge is 0.133 e. The number of hydrogen-bond acceptors (Lipinski definition) is 2. The lowest BCUT2D eigenvalue weighted by molar-refractivity contribution is 0.306. The summed E-state index contributed by atoms with van der Waals surface area (Å²) in [6, 6.07) is 5.49. The van der Waals surface area contributed by atoms with Crippen LogP contribution in [0.25, 0.3) is 0 Å². The van der Waals surface area contributed by atoms with Crippen LogP contribution in [-0.2, 0) is 0 Å². The first-order chi connectivity index (χ1) is 6.74. The normalized spacial score (nSPS) is 10.2. The van der Waals surface area contributed by atoms with Crippen molar-refractivity contribution < 1.29 is 4.74 Å². The van der Waals surface area contributed by atoms with Gasteiger partial charge in [0.2, 0.25) is 0 Å². The minimum absolute atomic E-state index is 0.692. The number of ether oxygens (including phenoxy) is 1. The highest BCUT2D eigenvalue weighted by molar-refractivity contribution is 9.10. The summed E-state index contributed by atoms with van der Waals surface area (Å²) in [7, 11) is 0. The van der Waals surface area contributed by atoms with Crippen LogP contribution >= 0.6 is 27.5 Å². The van der Waals surface area contributed by atoms with Crippen LogP contribution in [0.5, 0.6) is 5.75 Å². The van der Waals surface area contributed by atoms with Gasteiger partial charge >= 0.3 is 0 Å². The quantitative estimate of drug-likeness (QED) is 0.839. The van der Waals surface area contributed by atoms with Gasteiger partial charge in [0.25, 0.3) is 0 Å². The van der Waals surface area contributed by atoms with E-state index in [2.05, 4.69) is 15.9 Å². The average molecular weight is 279 g/mol. The van der Waals surface area contributed by atoms with Crippen molar-refractivity contribution in [2.45, 2.75) is 12.8 Å². The highest BCUT2D eigenvalue weighted by Gasteiger charge is 2.00. The van der Waals surface area contributed by atoms with Gasteiger partial charge in [-0.05, 0) is 53.5 Å². The van der Waals surface area contributed by atoms with Crippen molar-refractivity contribution in [2.75, 3.05) is 13.2 Å². The molecule has 0 aliphatic heterocycles. The van der Waals surface area contributed by atoms with Crippen molar-refractivity contribution in [3.05, 3.63) is 27.7 Å². The first-order valence-electron chi connectivity index (χ1n) is 4.52. The van der Waals surface area contributed by atoms with Gasteiger partial charge in [-0.1, -0.05) is 11.6 Å². The molecule has 0 heterocycles. The molecule has 0 bridgehead atoms. The third-order valence-electron chi connectivity index (χ3n) is 1.75. The Bertz CT molecular complexity index is 293. The number of halogens is 2. The van der Waals surface area contributed by atoms with E-state index in [1.165, 1.54) is 0 Å². The minimum Gasteiger partial charge on any atom is -0.492 e. The van der Waals surface area contributed by atoms with E-state index in [0.717, 1.165) is 23.1 Å². The summed E-state index contributed by atoms with van der Waals surface area (Å²) < 4.78 is 6.42. The zero-order valence-electron chi connectivity index (χ0n) is 7.80. The molecule has 4 heteroatoms. The van der Waals surface area contributed by atoms with Crippen LogP contribution in [0.4, 0.5) is 0 Å². The van der Waals surface area contributed by atoms with Crippen LogP contribution in [-0.4, -0.2) is 13.2 Å². The summed E-state index contributed by atoms with van der Waals surface area (Å²) in [5.74, 6) is 0.825. The Morgan fingerprint density at radius 1 is 1.36 bits per heavy atom. The second-order valence-corrected chi connectivity index (χ2v) is 4.21. The molecule has 0 fully saturated rings. The number of hydrogen-bond donors (Lipinski definition) is 1. The van der Waals surface area contributed by atoms with Crippen LogP contribution in [0.2, 0.25) is 5.02 Å². The summed E-state index contributed by atoms with van der Waals surface area (Å²) in [5, 5.41) is 0.700. The maximum atomic E-state index is 5.80.